The number of hydrogen-bond donors (Lipinski definition) is 1. The molecule has 0 aliphatic rings. The predicted molar refractivity (Wildman–Crippen MR) is 120 cm³/mol. The maximum Gasteiger partial charge on any atom is 0.269 e. The Bertz CT molecular complexity index is 1440. The Labute approximate surface area is 185 Å². The summed E-state index contributed by atoms with van der Waals surface area (Å²) in [6.07, 6.45) is 3.10. The average Bonchev–Trinajstić information content (AvgIpc) is 3.28. The maximum absolute atomic E-state index is 13.4. The fraction of sp³-hybridized carbons (Fsp3) is 0.182. The molecule has 10 heteroatoms. The number of halogens is 1. The molecule has 166 valence electrons. The van der Waals surface area contributed by atoms with Crippen molar-refractivity contribution < 1.29 is 17.6 Å². The zero-order valence-corrected chi connectivity index (χ0v) is 18.8. The van der Waals surface area contributed by atoms with Crippen LogP contribution in [0.3, 0.4) is 0 Å². The number of pyridine rings is 1. The molecule has 0 saturated carbocycles. The largest absolute Gasteiger partial charge is 0.345 e. The molecular formula is C22H22FN5O3S. The second-order valence-corrected chi connectivity index (χ2v) is 9.41. The number of amides is 1. The molecule has 4 rings (SSSR count). The highest BCUT2D eigenvalue weighted by molar-refractivity contribution is 7.92. The molecular weight excluding hydrogens is 433 g/mol. The van der Waals surface area contributed by atoms with Crippen molar-refractivity contribution in [3.63, 3.8) is 0 Å². The first-order valence-corrected chi connectivity index (χ1v) is 11.2. The van der Waals surface area contributed by atoms with Crippen molar-refractivity contribution in [2.24, 2.45) is 7.05 Å². The topological polar surface area (TPSA) is 88.7 Å². The molecule has 0 saturated heterocycles. The van der Waals surface area contributed by atoms with Crippen LogP contribution in [-0.4, -0.2) is 47.3 Å². The van der Waals surface area contributed by atoms with Crippen LogP contribution in [0.25, 0.3) is 16.9 Å². The van der Waals surface area contributed by atoms with E-state index < -0.39 is 15.8 Å². The fourth-order valence-electron chi connectivity index (χ4n) is 3.36. The molecule has 32 heavy (non-hydrogen) atoms. The summed E-state index contributed by atoms with van der Waals surface area (Å²) in [6, 6.07) is 10.6. The van der Waals surface area contributed by atoms with Crippen molar-refractivity contribution in [3.05, 3.63) is 71.9 Å². The molecule has 4 aromatic rings. The van der Waals surface area contributed by atoms with Gasteiger partial charge in [-0.1, -0.05) is 0 Å². The zero-order chi connectivity index (χ0) is 23.2. The third-order valence-corrected chi connectivity index (χ3v) is 6.35. The van der Waals surface area contributed by atoms with Crippen molar-refractivity contribution in [3.8, 4) is 11.3 Å². The lowest BCUT2D eigenvalue weighted by Crippen LogP contribution is -2.23. The molecule has 0 aliphatic heterocycles. The highest BCUT2D eigenvalue weighted by atomic mass is 32.2. The normalized spacial score (nSPS) is 11.7. The molecule has 0 radical (unpaired) electrons. The minimum Gasteiger partial charge on any atom is -0.345 e. The number of anilines is 1. The Morgan fingerprint density at radius 1 is 1.12 bits per heavy atom. The fourth-order valence-corrected chi connectivity index (χ4v) is 4.49. The quantitative estimate of drug-likeness (QED) is 0.500. The van der Waals surface area contributed by atoms with Gasteiger partial charge in [-0.05, 0) is 55.0 Å². The van der Waals surface area contributed by atoms with Crippen LogP contribution in [0, 0.1) is 12.7 Å². The molecule has 1 N–H and O–H groups in total. The van der Waals surface area contributed by atoms with E-state index in [9.17, 15) is 17.6 Å². The van der Waals surface area contributed by atoms with Crippen molar-refractivity contribution >= 4 is 27.4 Å². The van der Waals surface area contributed by atoms with E-state index in [0.29, 0.717) is 16.9 Å². The van der Waals surface area contributed by atoms with Crippen molar-refractivity contribution in [1.82, 2.24) is 18.9 Å². The molecule has 0 atom stereocenters. The molecule has 0 bridgehead atoms. The van der Waals surface area contributed by atoms with Gasteiger partial charge in [0.25, 0.3) is 15.9 Å². The zero-order valence-electron chi connectivity index (χ0n) is 18.0. The third-order valence-electron chi connectivity index (χ3n) is 5.05. The lowest BCUT2D eigenvalue weighted by Gasteiger charge is -2.10. The van der Waals surface area contributed by atoms with Gasteiger partial charge in [0.05, 0.1) is 0 Å². The van der Waals surface area contributed by atoms with Gasteiger partial charge in [-0.2, -0.15) is 0 Å². The van der Waals surface area contributed by atoms with Crippen LogP contribution in [0.4, 0.5) is 10.2 Å². The Morgan fingerprint density at radius 2 is 1.81 bits per heavy atom. The average molecular weight is 456 g/mol. The molecule has 0 fully saturated rings. The van der Waals surface area contributed by atoms with Gasteiger partial charge >= 0.3 is 0 Å². The summed E-state index contributed by atoms with van der Waals surface area (Å²) >= 11 is 0. The third kappa shape index (κ3) is 3.84. The van der Waals surface area contributed by atoms with E-state index >= 15 is 0 Å². The number of imidazole rings is 1. The van der Waals surface area contributed by atoms with Gasteiger partial charge in [0.15, 0.2) is 5.82 Å². The Hall–Kier alpha value is -3.66. The molecule has 3 aromatic heterocycles. The van der Waals surface area contributed by atoms with Crippen molar-refractivity contribution in [1.29, 1.82) is 0 Å². The van der Waals surface area contributed by atoms with Gasteiger partial charge < -0.3 is 9.47 Å². The summed E-state index contributed by atoms with van der Waals surface area (Å²) in [7, 11) is 0.736. The van der Waals surface area contributed by atoms with Gasteiger partial charge in [-0.15, -0.1) is 0 Å². The van der Waals surface area contributed by atoms with E-state index in [1.54, 1.807) is 31.7 Å². The first kappa shape index (κ1) is 21.6. The lowest BCUT2D eigenvalue weighted by atomic mass is 10.1. The number of sulfonamides is 1. The van der Waals surface area contributed by atoms with Crippen LogP contribution < -0.4 is 4.72 Å². The standard InChI is InChI=1S/C22H22FN5O3S/c1-14-9-10-28-19(11-14)24-20(15-5-7-16(23)8-6-15)21(28)25-32(30,31)17-12-18(27(4)13-17)22(29)26(2)3/h5-13,25H,1-4H3. The summed E-state index contributed by atoms with van der Waals surface area (Å²) < 4.78 is 45.7. The first-order valence-electron chi connectivity index (χ1n) is 9.72. The lowest BCUT2D eigenvalue weighted by molar-refractivity contribution is 0.0818. The van der Waals surface area contributed by atoms with Gasteiger partial charge in [-0.3, -0.25) is 13.9 Å². The number of nitrogens with one attached hydrogen (secondary N) is 1. The molecule has 3 heterocycles. The second-order valence-electron chi connectivity index (χ2n) is 7.73. The Balaban J connectivity index is 1.83. The number of nitrogens with zero attached hydrogens (tertiary/aromatic N) is 4. The van der Waals surface area contributed by atoms with E-state index in [-0.39, 0.29) is 22.3 Å². The number of rotatable bonds is 5. The number of carbonyl (C=O) groups excluding carboxylic acids is 1. The molecule has 0 spiro atoms. The van der Waals surface area contributed by atoms with Crippen molar-refractivity contribution in [2.75, 3.05) is 18.8 Å². The Kier molecular flexibility index (Phi) is 5.25. The number of hydrogen-bond acceptors (Lipinski definition) is 4. The van der Waals surface area contributed by atoms with Gasteiger partial charge in [-0.25, -0.2) is 17.8 Å². The maximum atomic E-state index is 13.4. The van der Waals surface area contributed by atoms with E-state index in [0.717, 1.165) is 5.56 Å². The van der Waals surface area contributed by atoms with Crippen LogP contribution >= 0.6 is 0 Å². The van der Waals surface area contributed by atoms with Gasteiger partial charge in [0.1, 0.15) is 27.7 Å². The minimum atomic E-state index is -4.06. The summed E-state index contributed by atoms with van der Waals surface area (Å²) in [5.41, 5.74) is 2.65. The number of aryl methyl sites for hydroxylation is 2. The van der Waals surface area contributed by atoms with Crippen LogP contribution in [0.1, 0.15) is 16.1 Å². The summed E-state index contributed by atoms with van der Waals surface area (Å²) in [6.45, 7) is 1.91. The SMILES string of the molecule is Cc1ccn2c(NS(=O)(=O)c3cc(C(=O)N(C)C)n(C)c3)c(-c3ccc(F)cc3)nc2c1. The number of benzene rings is 1. The molecule has 0 aliphatic carbocycles. The highest BCUT2D eigenvalue weighted by Crippen LogP contribution is 2.31. The molecule has 1 amide bonds. The van der Waals surface area contributed by atoms with Crippen LogP contribution in [0.15, 0.2) is 59.8 Å². The summed E-state index contributed by atoms with van der Waals surface area (Å²) in [4.78, 5) is 18.2. The highest BCUT2D eigenvalue weighted by Gasteiger charge is 2.25. The number of fused-ring (bicyclic) bond motifs is 1. The Morgan fingerprint density at radius 3 is 2.47 bits per heavy atom. The second kappa shape index (κ2) is 7.79. The molecule has 1 aromatic carbocycles. The summed E-state index contributed by atoms with van der Waals surface area (Å²) in [5, 5.41) is 0. The monoisotopic (exact) mass is 455 g/mol. The summed E-state index contributed by atoms with van der Waals surface area (Å²) in [5.74, 6) is -0.500. The van der Waals surface area contributed by atoms with E-state index in [1.165, 1.54) is 46.0 Å². The number of carbonyl (C=O) groups is 1. The molecule has 0 unspecified atom stereocenters. The smallest absolute Gasteiger partial charge is 0.269 e. The van der Waals surface area contributed by atoms with Crippen LogP contribution in [-0.2, 0) is 17.1 Å². The van der Waals surface area contributed by atoms with E-state index in [2.05, 4.69) is 9.71 Å². The number of aromatic nitrogens is 3. The van der Waals surface area contributed by atoms with Crippen molar-refractivity contribution in [2.45, 2.75) is 11.8 Å². The van der Waals surface area contributed by atoms with E-state index in [1.807, 2.05) is 19.1 Å². The van der Waals surface area contributed by atoms with Gasteiger partial charge in [0, 0.05) is 39.1 Å². The van der Waals surface area contributed by atoms with Crippen LogP contribution in [0.2, 0.25) is 0 Å². The minimum absolute atomic E-state index is 0.0580. The van der Waals surface area contributed by atoms with E-state index in [4.69, 9.17) is 0 Å². The van der Waals surface area contributed by atoms with Crippen LogP contribution in [0.5, 0.6) is 0 Å². The predicted octanol–water partition coefficient (Wildman–Crippen LogP) is 3.29. The van der Waals surface area contributed by atoms with Gasteiger partial charge in [0.2, 0.25) is 0 Å². The first-order chi connectivity index (χ1) is 15.1. The molecule has 8 nitrogen and oxygen atoms in total.